The van der Waals surface area contributed by atoms with Crippen molar-refractivity contribution in [3.63, 3.8) is 0 Å². The number of hydroxylamine groups is 1. The van der Waals surface area contributed by atoms with E-state index in [1.54, 1.807) is 5.48 Å². The molecule has 0 fully saturated rings. The molecule has 88 valence electrons. The van der Waals surface area contributed by atoms with E-state index in [-0.39, 0.29) is 11.3 Å². The Morgan fingerprint density at radius 3 is 2.56 bits per heavy atom. The number of nitrogens with one attached hydrogen (secondary N) is 1. The highest BCUT2D eigenvalue weighted by Gasteiger charge is 2.28. The molecule has 4 nitrogen and oxygen atoms in total. The third-order valence-corrected chi connectivity index (χ3v) is 1.55. The second-order valence-electron chi connectivity index (χ2n) is 2.85. The SMILES string of the molecule is O=C(NOCC(F)(F)F)c1ccccc1O. The molecule has 2 N–H and O–H groups in total. The molecule has 1 rings (SSSR count). The van der Waals surface area contributed by atoms with Crippen molar-refractivity contribution in [3.8, 4) is 5.75 Å². The summed E-state index contributed by atoms with van der Waals surface area (Å²) in [7, 11) is 0. The molecule has 0 aromatic heterocycles. The summed E-state index contributed by atoms with van der Waals surface area (Å²) >= 11 is 0. The number of aromatic hydroxyl groups is 1. The first kappa shape index (κ1) is 12.3. The van der Waals surface area contributed by atoms with Crippen molar-refractivity contribution >= 4 is 5.91 Å². The summed E-state index contributed by atoms with van der Waals surface area (Å²) in [5.74, 6) is -1.28. The Balaban J connectivity index is 2.51. The zero-order valence-corrected chi connectivity index (χ0v) is 7.91. The first-order chi connectivity index (χ1) is 7.40. The van der Waals surface area contributed by atoms with Gasteiger partial charge in [-0.1, -0.05) is 12.1 Å². The maximum atomic E-state index is 11.7. The van der Waals surface area contributed by atoms with Gasteiger partial charge in [-0.2, -0.15) is 13.2 Å². The van der Waals surface area contributed by atoms with E-state index in [0.29, 0.717) is 0 Å². The van der Waals surface area contributed by atoms with Crippen LogP contribution in [0.3, 0.4) is 0 Å². The van der Waals surface area contributed by atoms with Crippen LogP contribution < -0.4 is 5.48 Å². The van der Waals surface area contributed by atoms with Crippen LogP contribution in [-0.2, 0) is 4.84 Å². The highest BCUT2D eigenvalue weighted by Crippen LogP contribution is 2.16. The first-order valence-corrected chi connectivity index (χ1v) is 4.17. The number of carbonyl (C=O) groups is 1. The van der Waals surface area contributed by atoms with Crippen molar-refractivity contribution < 1.29 is 27.9 Å². The Morgan fingerprint density at radius 2 is 2.00 bits per heavy atom. The molecule has 0 radical (unpaired) electrons. The fourth-order valence-electron chi connectivity index (χ4n) is 0.904. The summed E-state index contributed by atoms with van der Waals surface area (Å²) < 4.78 is 35.0. The molecule has 0 saturated carbocycles. The standard InChI is InChI=1S/C9H8F3NO3/c10-9(11,12)5-16-13-8(15)6-3-1-2-4-7(6)14/h1-4,14H,5H2,(H,13,15). The van der Waals surface area contributed by atoms with Crippen LogP contribution in [0, 0.1) is 0 Å². The molecule has 0 spiro atoms. The van der Waals surface area contributed by atoms with Crippen LogP contribution in [0.25, 0.3) is 0 Å². The van der Waals surface area contributed by atoms with Gasteiger partial charge in [0, 0.05) is 0 Å². The van der Waals surface area contributed by atoms with Crippen molar-refractivity contribution in [2.24, 2.45) is 0 Å². The topological polar surface area (TPSA) is 58.6 Å². The van der Waals surface area contributed by atoms with Crippen molar-refractivity contribution in [2.45, 2.75) is 6.18 Å². The van der Waals surface area contributed by atoms with Gasteiger partial charge in [0.15, 0.2) is 6.61 Å². The second kappa shape index (κ2) is 4.84. The maximum absolute atomic E-state index is 11.7. The van der Waals surface area contributed by atoms with Crippen LogP contribution in [0.4, 0.5) is 13.2 Å². The molecular formula is C9H8F3NO3. The van der Waals surface area contributed by atoms with E-state index in [2.05, 4.69) is 4.84 Å². The minimum Gasteiger partial charge on any atom is -0.507 e. The molecule has 0 aliphatic rings. The lowest BCUT2D eigenvalue weighted by atomic mass is 10.2. The van der Waals surface area contributed by atoms with Crippen molar-refractivity contribution in [2.75, 3.05) is 6.61 Å². The summed E-state index contributed by atoms with van der Waals surface area (Å²) in [5.41, 5.74) is 1.42. The van der Waals surface area contributed by atoms with Gasteiger partial charge in [0.25, 0.3) is 5.91 Å². The van der Waals surface area contributed by atoms with Crippen LogP contribution in [0.1, 0.15) is 10.4 Å². The van der Waals surface area contributed by atoms with Gasteiger partial charge in [-0.3, -0.25) is 9.63 Å². The fraction of sp³-hybridized carbons (Fsp3) is 0.222. The molecule has 0 heterocycles. The minimum absolute atomic E-state index is 0.162. The van der Waals surface area contributed by atoms with Crippen LogP contribution in [0.5, 0.6) is 5.75 Å². The van der Waals surface area contributed by atoms with Gasteiger partial charge in [0.2, 0.25) is 0 Å². The van der Waals surface area contributed by atoms with Gasteiger partial charge < -0.3 is 5.11 Å². The number of amides is 1. The van der Waals surface area contributed by atoms with Crippen LogP contribution in [0.15, 0.2) is 24.3 Å². The zero-order valence-electron chi connectivity index (χ0n) is 7.91. The summed E-state index contributed by atoms with van der Waals surface area (Å²) in [5, 5.41) is 9.20. The molecule has 1 amide bonds. The Morgan fingerprint density at radius 1 is 1.38 bits per heavy atom. The molecule has 0 aliphatic heterocycles. The Bertz CT molecular complexity index is 379. The molecule has 1 aromatic rings. The number of alkyl halides is 3. The molecule has 7 heteroatoms. The Hall–Kier alpha value is -1.76. The Labute approximate surface area is 88.6 Å². The third-order valence-electron chi connectivity index (χ3n) is 1.55. The van der Waals surface area contributed by atoms with E-state index < -0.39 is 18.7 Å². The highest BCUT2D eigenvalue weighted by atomic mass is 19.4. The number of rotatable bonds is 3. The van der Waals surface area contributed by atoms with Gasteiger partial charge in [0.05, 0.1) is 5.56 Å². The monoisotopic (exact) mass is 235 g/mol. The van der Waals surface area contributed by atoms with Gasteiger partial charge in [-0.15, -0.1) is 0 Å². The van der Waals surface area contributed by atoms with Gasteiger partial charge in [-0.25, -0.2) is 5.48 Å². The smallest absolute Gasteiger partial charge is 0.414 e. The molecule has 0 aliphatic carbocycles. The molecular weight excluding hydrogens is 227 g/mol. The van der Waals surface area contributed by atoms with E-state index in [1.807, 2.05) is 0 Å². The second-order valence-corrected chi connectivity index (χ2v) is 2.85. The van der Waals surface area contributed by atoms with Gasteiger partial charge in [-0.05, 0) is 12.1 Å². The maximum Gasteiger partial charge on any atom is 0.414 e. The van der Waals surface area contributed by atoms with Crippen LogP contribution >= 0.6 is 0 Å². The zero-order chi connectivity index (χ0) is 12.2. The van der Waals surface area contributed by atoms with Crippen molar-refractivity contribution in [3.05, 3.63) is 29.8 Å². The highest BCUT2D eigenvalue weighted by molar-refractivity contribution is 5.96. The van der Waals surface area contributed by atoms with E-state index in [1.165, 1.54) is 24.3 Å². The van der Waals surface area contributed by atoms with E-state index in [0.717, 1.165) is 0 Å². The van der Waals surface area contributed by atoms with Crippen LogP contribution in [0.2, 0.25) is 0 Å². The number of hydrogen-bond donors (Lipinski definition) is 2. The number of carbonyl (C=O) groups excluding carboxylic acids is 1. The molecule has 0 atom stereocenters. The average Bonchev–Trinajstić information content (AvgIpc) is 2.16. The predicted octanol–water partition coefficient (Wildman–Crippen LogP) is 1.62. The van der Waals surface area contributed by atoms with Crippen molar-refractivity contribution in [1.82, 2.24) is 5.48 Å². The number of para-hydroxylation sites is 1. The largest absolute Gasteiger partial charge is 0.507 e. The minimum atomic E-state index is -4.52. The number of phenolic OH excluding ortho intramolecular Hbond substituents is 1. The molecule has 16 heavy (non-hydrogen) atoms. The summed E-state index contributed by atoms with van der Waals surface area (Å²) in [6, 6.07) is 5.42. The number of phenols is 1. The average molecular weight is 235 g/mol. The number of halogens is 3. The normalized spacial score (nSPS) is 11.2. The summed E-state index contributed by atoms with van der Waals surface area (Å²) in [6.45, 7) is -1.59. The molecule has 1 aromatic carbocycles. The summed E-state index contributed by atoms with van der Waals surface area (Å²) in [6.07, 6.45) is -4.52. The lowest BCUT2D eigenvalue weighted by Gasteiger charge is -2.08. The van der Waals surface area contributed by atoms with E-state index in [9.17, 15) is 23.1 Å². The molecule has 0 bridgehead atoms. The Kier molecular flexibility index (Phi) is 3.73. The molecule has 0 unspecified atom stereocenters. The first-order valence-electron chi connectivity index (χ1n) is 4.17. The number of hydrogen-bond acceptors (Lipinski definition) is 3. The molecule has 0 saturated heterocycles. The van der Waals surface area contributed by atoms with Crippen LogP contribution in [-0.4, -0.2) is 23.8 Å². The third kappa shape index (κ3) is 3.77. The van der Waals surface area contributed by atoms with E-state index in [4.69, 9.17) is 0 Å². The number of benzene rings is 1. The predicted molar refractivity (Wildman–Crippen MR) is 47.6 cm³/mol. The van der Waals surface area contributed by atoms with Gasteiger partial charge >= 0.3 is 6.18 Å². The quantitative estimate of drug-likeness (QED) is 0.782. The lowest BCUT2D eigenvalue weighted by molar-refractivity contribution is -0.184. The summed E-state index contributed by atoms with van der Waals surface area (Å²) in [4.78, 5) is 15.1. The van der Waals surface area contributed by atoms with E-state index >= 15 is 0 Å². The van der Waals surface area contributed by atoms with Crippen molar-refractivity contribution in [1.29, 1.82) is 0 Å². The fourth-order valence-corrected chi connectivity index (χ4v) is 0.904. The van der Waals surface area contributed by atoms with Gasteiger partial charge in [0.1, 0.15) is 5.75 Å². The lowest BCUT2D eigenvalue weighted by Crippen LogP contribution is -2.29.